The van der Waals surface area contributed by atoms with Crippen LogP contribution in [-0.4, -0.2) is 80.9 Å². The van der Waals surface area contributed by atoms with Crippen molar-refractivity contribution in [2.75, 3.05) is 18.9 Å². The summed E-state index contributed by atoms with van der Waals surface area (Å²) in [5.41, 5.74) is -3.26. The monoisotopic (exact) mass is 625 g/mol. The van der Waals surface area contributed by atoms with Gasteiger partial charge >= 0.3 is 53.6 Å². The van der Waals surface area contributed by atoms with Crippen LogP contribution in [0.2, 0.25) is 0 Å². The molecule has 0 atom stereocenters. The predicted octanol–water partition coefficient (Wildman–Crippen LogP) is 5.03. The summed E-state index contributed by atoms with van der Waals surface area (Å²) in [7, 11) is -4.04. The quantitative estimate of drug-likeness (QED) is 0.135. The Balaban J connectivity index is 6.33. The number of sulfonamides is 1. The SMILES string of the molecule is C=C(C(=O)OCCNS(=O)(=O)CC)C(F)(F)C(F)(F)C(F)(F)C(F)(F)C(F)(F)C(F)(F)C(F)(F)C(F)(F)F. The number of alkyl halides is 17. The molecule has 0 saturated carbocycles. The molecular weight excluding hydrogens is 613 g/mol. The maximum absolute atomic E-state index is 13.9. The van der Waals surface area contributed by atoms with Crippen LogP contribution in [0.5, 0.6) is 0 Å². The van der Waals surface area contributed by atoms with E-state index in [1.807, 2.05) is 0 Å². The van der Waals surface area contributed by atoms with Crippen molar-refractivity contribution in [2.24, 2.45) is 0 Å². The number of nitrogens with one attached hydrogen (secondary N) is 1. The van der Waals surface area contributed by atoms with Crippen LogP contribution < -0.4 is 4.72 Å². The van der Waals surface area contributed by atoms with Gasteiger partial charge in [-0.2, -0.15) is 74.6 Å². The van der Waals surface area contributed by atoms with Gasteiger partial charge in [-0.3, -0.25) is 0 Å². The topological polar surface area (TPSA) is 72.5 Å². The zero-order valence-electron chi connectivity index (χ0n) is 17.8. The Kier molecular flexibility index (Phi) is 9.60. The molecule has 0 rings (SSSR count). The van der Waals surface area contributed by atoms with Gasteiger partial charge in [-0.1, -0.05) is 6.58 Å². The molecule has 5 nitrogen and oxygen atoms in total. The Labute approximate surface area is 200 Å². The van der Waals surface area contributed by atoms with Gasteiger partial charge in [0.25, 0.3) is 0 Å². The van der Waals surface area contributed by atoms with E-state index in [1.54, 1.807) is 11.3 Å². The normalized spacial score (nSPS) is 15.4. The highest BCUT2D eigenvalue weighted by Gasteiger charge is 2.95. The lowest BCUT2D eigenvalue weighted by Crippen LogP contribution is -2.74. The lowest BCUT2D eigenvalue weighted by Gasteiger charge is -2.42. The van der Waals surface area contributed by atoms with E-state index >= 15 is 0 Å². The number of carbonyl (C=O) groups excluding carboxylic acids is 1. The smallest absolute Gasteiger partial charge is 0.460 e. The third-order valence-corrected chi connectivity index (χ3v) is 5.79. The molecule has 0 aromatic carbocycles. The van der Waals surface area contributed by atoms with E-state index in [0.29, 0.717) is 0 Å². The minimum atomic E-state index is -8.81. The van der Waals surface area contributed by atoms with Gasteiger partial charge in [-0.25, -0.2) is 17.9 Å². The highest BCUT2D eigenvalue weighted by molar-refractivity contribution is 7.89. The summed E-state index contributed by atoms with van der Waals surface area (Å²) in [5.74, 6) is -61.9. The number of hydrogen-bond donors (Lipinski definition) is 1. The average molecular weight is 625 g/mol. The second kappa shape index (κ2) is 10.2. The number of hydrogen-bond acceptors (Lipinski definition) is 4. The summed E-state index contributed by atoms with van der Waals surface area (Å²) >= 11 is 0. The summed E-state index contributed by atoms with van der Waals surface area (Å²) in [4.78, 5) is 11.4. The number of halogens is 17. The molecule has 0 aromatic heterocycles. The molecule has 23 heteroatoms. The maximum atomic E-state index is 13.9. The summed E-state index contributed by atoms with van der Waals surface area (Å²) in [5, 5.41) is 0. The van der Waals surface area contributed by atoms with Crippen LogP contribution in [0.1, 0.15) is 6.92 Å². The molecule has 0 heterocycles. The average Bonchev–Trinajstić information content (AvgIpc) is 2.74. The molecule has 0 fully saturated rings. The molecule has 226 valence electrons. The fraction of sp³-hybridized carbons (Fsp3) is 0.800. The third-order valence-electron chi connectivity index (χ3n) is 4.38. The highest BCUT2D eigenvalue weighted by Crippen LogP contribution is 2.64. The van der Waals surface area contributed by atoms with Crippen molar-refractivity contribution in [1.29, 1.82) is 0 Å². The molecule has 0 radical (unpaired) electrons. The van der Waals surface area contributed by atoms with E-state index in [-0.39, 0.29) is 0 Å². The molecule has 0 aromatic rings. The standard InChI is InChI=1S/C15H12F17NO4S/c1-3-38(35,36)33-4-5-37-7(34)6(2)8(16,17)9(18,19)10(20,21)11(22,23)12(24,25)13(26,27)14(28,29)15(30,31)32/h33H,2-5H2,1H3. The molecule has 0 amide bonds. The van der Waals surface area contributed by atoms with Gasteiger partial charge in [-0.05, 0) is 6.92 Å². The van der Waals surface area contributed by atoms with Crippen LogP contribution in [0.15, 0.2) is 12.2 Å². The Hall–Kier alpha value is -2.07. The van der Waals surface area contributed by atoms with Crippen LogP contribution in [0.25, 0.3) is 0 Å². The van der Waals surface area contributed by atoms with E-state index in [2.05, 4.69) is 4.74 Å². The maximum Gasteiger partial charge on any atom is 0.460 e. The summed E-state index contributed by atoms with van der Waals surface area (Å²) < 4.78 is 252. The van der Waals surface area contributed by atoms with Crippen molar-refractivity contribution in [3.8, 4) is 0 Å². The van der Waals surface area contributed by atoms with Crippen LogP contribution in [-0.2, 0) is 19.6 Å². The van der Waals surface area contributed by atoms with Crippen LogP contribution in [0.4, 0.5) is 74.6 Å². The number of esters is 1. The Morgan fingerprint density at radius 2 is 1.03 bits per heavy atom. The van der Waals surface area contributed by atoms with Crippen molar-refractivity contribution >= 4 is 16.0 Å². The first-order valence-electron chi connectivity index (χ1n) is 8.90. The highest BCUT2D eigenvalue weighted by atomic mass is 32.2. The van der Waals surface area contributed by atoms with Crippen molar-refractivity contribution in [3.05, 3.63) is 12.2 Å². The lowest BCUT2D eigenvalue weighted by atomic mass is 9.87. The van der Waals surface area contributed by atoms with Gasteiger partial charge in [0.2, 0.25) is 10.0 Å². The summed E-state index contributed by atoms with van der Waals surface area (Å²) in [6, 6.07) is 0. The molecular formula is C15H12F17NO4S. The Bertz CT molecular complexity index is 1000. The van der Waals surface area contributed by atoms with Crippen molar-refractivity contribution in [1.82, 2.24) is 4.72 Å². The lowest BCUT2D eigenvalue weighted by molar-refractivity contribution is -0.460. The molecule has 0 unspecified atom stereocenters. The molecule has 0 bridgehead atoms. The van der Waals surface area contributed by atoms with E-state index < -0.39 is 88.1 Å². The second-order valence-corrected chi connectivity index (χ2v) is 9.03. The van der Waals surface area contributed by atoms with Crippen molar-refractivity contribution in [2.45, 2.75) is 54.6 Å². The summed E-state index contributed by atoms with van der Waals surface area (Å²) in [6.07, 6.45) is -7.87. The number of carbonyl (C=O) groups is 1. The van der Waals surface area contributed by atoms with Gasteiger partial charge in [0, 0.05) is 6.54 Å². The molecule has 38 heavy (non-hydrogen) atoms. The van der Waals surface area contributed by atoms with Gasteiger partial charge in [0.1, 0.15) is 12.2 Å². The fourth-order valence-corrected chi connectivity index (χ4v) is 2.61. The first-order chi connectivity index (χ1) is 16.3. The third kappa shape index (κ3) is 5.48. The Morgan fingerprint density at radius 1 is 0.684 bits per heavy atom. The molecule has 0 spiro atoms. The first kappa shape index (κ1) is 35.9. The predicted molar refractivity (Wildman–Crippen MR) is 88.2 cm³/mol. The minimum Gasteiger partial charge on any atom is -0.461 e. The van der Waals surface area contributed by atoms with Gasteiger partial charge in [-0.15, -0.1) is 0 Å². The van der Waals surface area contributed by atoms with E-state index in [1.165, 1.54) is 0 Å². The van der Waals surface area contributed by atoms with Gasteiger partial charge in [0.05, 0.1) is 5.75 Å². The van der Waals surface area contributed by atoms with E-state index in [9.17, 15) is 87.8 Å². The molecule has 0 aliphatic heterocycles. The minimum absolute atomic E-state index is 0.611. The fourth-order valence-electron chi connectivity index (χ4n) is 2.01. The Morgan fingerprint density at radius 3 is 1.37 bits per heavy atom. The number of ether oxygens (including phenoxy) is 1. The number of rotatable bonds is 13. The largest absolute Gasteiger partial charge is 0.461 e. The van der Waals surface area contributed by atoms with Gasteiger partial charge in [0.15, 0.2) is 0 Å². The molecule has 0 saturated heterocycles. The van der Waals surface area contributed by atoms with Crippen LogP contribution in [0, 0.1) is 0 Å². The van der Waals surface area contributed by atoms with E-state index in [0.717, 1.165) is 6.92 Å². The van der Waals surface area contributed by atoms with E-state index in [4.69, 9.17) is 0 Å². The van der Waals surface area contributed by atoms with Gasteiger partial charge < -0.3 is 4.74 Å². The molecule has 1 N–H and O–H groups in total. The molecule has 0 aliphatic rings. The van der Waals surface area contributed by atoms with Crippen LogP contribution >= 0.6 is 0 Å². The zero-order valence-corrected chi connectivity index (χ0v) is 18.6. The zero-order chi connectivity index (χ0) is 31.2. The molecule has 0 aliphatic carbocycles. The van der Waals surface area contributed by atoms with Crippen LogP contribution in [0.3, 0.4) is 0 Å². The summed E-state index contributed by atoms with van der Waals surface area (Å²) in [6.45, 7) is 0.484. The van der Waals surface area contributed by atoms with Crippen molar-refractivity contribution < 1.29 is 92.6 Å². The van der Waals surface area contributed by atoms with Crippen molar-refractivity contribution in [3.63, 3.8) is 0 Å². The second-order valence-electron chi connectivity index (χ2n) is 6.93. The first-order valence-corrected chi connectivity index (χ1v) is 10.6.